The van der Waals surface area contributed by atoms with Crippen molar-refractivity contribution in [2.24, 2.45) is 0 Å². The van der Waals surface area contributed by atoms with Crippen molar-refractivity contribution in [2.45, 2.75) is 0 Å². The number of benzene rings is 3. The maximum Gasteiger partial charge on any atom is 0.344 e. The molecular weight excluding hydrogens is 458 g/mol. The summed E-state index contributed by atoms with van der Waals surface area (Å²) in [5.41, 5.74) is 2.55. The smallest absolute Gasteiger partial charge is 0.344 e. The van der Waals surface area contributed by atoms with Crippen LogP contribution in [0.2, 0.25) is 0 Å². The molecule has 0 radical (unpaired) electrons. The van der Waals surface area contributed by atoms with E-state index in [4.69, 9.17) is 9.15 Å². The molecule has 3 aromatic carbocycles. The van der Waals surface area contributed by atoms with Crippen molar-refractivity contribution in [3.05, 3.63) is 99.3 Å². The molecule has 0 aliphatic rings. The van der Waals surface area contributed by atoms with E-state index in [1.807, 2.05) is 36.4 Å². The normalized spacial score (nSPS) is 11.0. The first-order valence-electron chi connectivity index (χ1n) is 9.49. The minimum Gasteiger partial charge on any atom is -0.496 e. The molecule has 0 aliphatic carbocycles. The van der Waals surface area contributed by atoms with E-state index in [1.165, 1.54) is 6.08 Å². The summed E-state index contributed by atoms with van der Waals surface area (Å²) >= 11 is 3.41. The lowest BCUT2D eigenvalue weighted by Crippen LogP contribution is -2.08. The van der Waals surface area contributed by atoms with Gasteiger partial charge in [0.2, 0.25) is 5.91 Å². The van der Waals surface area contributed by atoms with Gasteiger partial charge in [-0.1, -0.05) is 46.3 Å². The van der Waals surface area contributed by atoms with Crippen molar-refractivity contribution in [3.8, 4) is 16.9 Å². The van der Waals surface area contributed by atoms with Gasteiger partial charge in [0.15, 0.2) is 0 Å². The molecule has 0 bridgehead atoms. The molecule has 0 aliphatic heterocycles. The Morgan fingerprint density at radius 2 is 1.87 bits per heavy atom. The van der Waals surface area contributed by atoms with Crippen LogP contribution in [0.15, 0.2) is 92.6 Å². The lowest BCUT2D eigenvalue weighted by Gasteiger charge is -2.07. The van der Waals surface area contributed by atoms with Crippen molar-refractivity contribution >= 4 is 44.6 Å². The Morgan fingerprint density at radius 3 is 2.71 bits per heavy atom. The molecule has 1 aromatic heterocycles. The highest BCUT2D eigenvalue weighted by molar-refractivity contribution is 9.10. The summed E-state index contributed by atoms with van der Waals surface area (Å²) in [7, 11) is 1.58. The number of amides is 1. The zero-order chi connectivity index (χ0) is 21.8. The van der Waals surface area contributed by atoms with Crippen molar-refractivity contribution < 1.29 is 13.9 Å². The van der Waals surface area contributed by atoms with Crippen LogP contribution in [0.5, 0.6) is 5.75 Å². The van der Waals surface area contributed by atoms with Gasteiger partial charge < -0.3 is 14.5 Å². The summed E-state index contributed by atoms with van der Waals surface area (Å²) in [6.07, 6.45) is 3.11. The Bertz CT molecular complexity index is 1360. The first-order valence-corrected chi connectivity index (χ1v) is 10.3. The molecule has 31 heavy (non-hydrogen) atoms. The van der Waals surface area contributed by atoms with Gasteiger partial charge in [0.1, 0.15) is 11.3 Å². The Hall–Kier alpha value is -3.64. The zero-order valence-electron chi connectivity index (χ0n) is 16.6. The largest absolute Gasteiger partial charge is 0.496 e. The number of para-hydroxylation sites is 1. The van der Waals surface area contributed by atoms with Crippen LogP contribution in [-0.4, -0.2) is 13.0 Å². The molecule has 0 atom stereocenters. The van der Waals surface area contributed by atoms with Crippen molar-refractivity contribution in [3.63, 3.8) is 0 Å². The van der Waals surface area contributed by atoms with Crippen LogP contribution < -0.4 is 15.7 Å². The van der Waals surface area contributed by atoms with E-state index in [9.17, 15) is 9.59 Å². The summed E-state index contributed by atoms with van der Waals surface area (Å²) in [5, 5.41) is 3.65. The Kier molecular flexibility index (Phi) is 6.00. The van der Waals surface area contributed by atoms with Crippen LogP contribution in [0.1, 0.15) is 5.56 Å². The number of ether oxygens (including phenoxy) is 1. The van der Waals surface area contributed by atoms with Crippen molar-refractivity contribution in [1.82, 2.24) is 0 Å². The zero-order valence-corrected chi connectivity index (χ0v) is 18.2. The number of anilines is 1. The van der Waals surface area contributed by atoms with Crippen LogP contribution in [0.25, 0.3) is 28.2 Å². The molecular formula is C25H18BrNO4. The second-order valence-electron chi connectivity index (χ2n) is 6.78. The van der Waals surface area contributed by atoms with Crippen molar-refractivity contribution in [2.75, 3.05) is 12.4 Å². The lowest BCUT2D eigenvalue weighted by atomic mass is 10.1. The topological polar surface area (TPSA) is 68.5 Å². The number of hydrogen-bond donors (Lipinski definition) is 1. The van der Waals surface area contributed by atoms with Crippen LogP contribution in [-0.2, 0) is 4.79 Å². The van der Waals surface area contributed by atoms with Crippen LogP contribution in [0, 0.1) is 0 Å². The van der Waals surface area contributed by atoms with Gasteiger partial charge in [-0.15, -0.1) is 0 Å². The quantitative estimate of drug-likeness (QED) is 0.289. The molecule has 4 aromatic rings. The van der Waals surface area contributed by atoms with Crippen LogP contribution >= 0.6 is 15.9 Å². The van der Waals surface area contributed by atoms with E-state index in [2.05, 4.69) is 21.2 Å². The highest BCUT2D eigenvalue weighted by Gasteiger charge is 2.09. The van der Waals surface area contributed by atoms with E-state index in [0.717, 1.165) is 15.4 Å². The minimum absolute atomic E-state index is 0.301. The summed E-state index contributed by atoms with van der Waals surface area (Å²) in [5.74, 6) is 0.363. The minimum atomic E-state index is -0.427. The summed E-state index contributed by atoms with van der Waals surface area (Å²) in [4.78, 5) is 24.9. The first kappa shape index (κ1) is 20.6. The number of halogens is 1. The third-order valence-corrected chi connectivity index (χ3v) is 5.18. The maximum atomic E-state index is 12.4. The number of methoxy groups -OCH3 is 1. The Labute approximate surface area is 187 Å². The predicted octanol–water partition coefficient (Wildman–Crippen LogP) is 5.88. The molecule has 1 heterocycles. The summed E-state index contributed by atoms with van der Waals surface area (Å²) in [6.45, 7) is 0. The standard InChI is InChI=1S/C25H18BrNO4/c1-30-22-11-10-19(26)13-18(22)9-12-24(28)27-20-7-4-6-16(14-20)21-15-17-5-2-3-8-23(17)31-25(21)29/h2-15H,1H3,(H,27,28)/b12-9+. The molecule has 6 heteroatoms. The number of nitrogens with one attached hydrogen (secondary N) is 1. The van der Waals surface area contributed by atoms with Gasteiger partial charge in [-0.3, -0.25) is 4.79 Å². The molecule has 1 amide bonds. The molecule has 1 N–H and O–H groups in total. The second kappa shape index (κ2) is 9.02. The Balaban J connectivity index is 1.57. The number of rotatable bonds is 5. The third kappa shape index (κ3) is 4.75. The van der Waals surface area contributed by atoms with E-state index >= 15 is 0 Å². The van der Waals surface area contributed by atoms with Gasteiger partial charge in [0, 0.05) is 27.2 Å². The molecule has 0 fully saturated rings. The monoisotopic (exact) mass is 475 g/mol. The van der Waals surface area contributed by atoms with Crippen LogP contribution in [0.4, 0.5) is 5.69 Å². The number of carbonyl (C=O) groups excluding carboxylic acids is 1. The SMILES string of the molecule is COc1ccc(Br)cc1/C=C/C(=O)Nc1cccc(-c2cc3ccccc3oc2=O)c1. The van der Waals surface area contributed by atoms with E-state index < -0.39 is 5.63 Å². The fourth-order valence-electron chi connectivity index (χ4n) is 3.21. The number of hydrogen-bond acceptors (Lipinski definition) is 4. The third-order valence-electron chi connectivity index (χ3n) is 4.69. The molecule has 154 valence electrons. The fraction of sp³-hybridized carbons (Fsp3) is 0.0400. The number of carbonyl (C=O) groups is 1. The second-order valence-corrected chi connectivity index (χ2v) is 7.69. The molecule has 0 unspecified atom stereocenters. The van der Waals surface area contributed by atoms with E-state index in [0.29, 0.717) is 28.1 Å². The predicted molar refractivity (Wildman–Crippen MR) is 126 cm³/mol. The van der Waals surface area contributed by atoms with Gasteiger partial charge in [-0.2, -0.15) is 0 Å². The molecule has 0 saturated carbocycles. The van der Waals surface area contributed by atoms with Crippen molar-refractivity contribution in [1.29, 1.82) is 0 Å². The molecule has 0 spiro atoms. The number of fused-ring (bicyclic) bond motifs is 1. The van der Waals surface area contributed by atoms with Gasteiger partial charge in [-0.25, -0.2) is 4.79 Å². The lowest BCUT2D eigenvalue weighted by molar-refractivity contribution is -0.111. The maximum absolute atomic E-state index is 12.4. The molecule has 4 rings (SSSR count). The Morgan fingerprint density at radius 1 is 1.03 bits per heavy atom. The van der Waals surface area contributed by atoms with Gasteiger partial charge in [0.05, 0.1) is 12.7 Å². The molecule has 0 saturated heterocycles. The van der Waals surface area contributed by atoms with E-state index in [1.54, 1.807) is 49.6 Å². The van der Waals surface area contributed by atoms with Gasteiger partial charge >= 0.3 is 5.63 Å². The average molecular weight is 476 g/mol. The van der Waals surface area contributed by atoms with Gasteiger partial charge in [0.25, 0.3) is 0 Å². The molecule has 5 nitrogen and oxygen atoms in total. The van der Waals surface area contributed by atoms with E-state index in [-0.39, 0.29) is 5.91 Å². The first-order chi connectivity index (χ1) is 15.0. The fourth-order valence-corrected chi connectivity index (χ4v) is 3.59. The highest BCUT2D eigenvalue weighted by Crippen LogP contribution is 2.25. The van der Waals surface area contributed by atoms with Crippen LogP contribution in [0.3, 0.4) is 0 Å². The summed E-state index contributed by atoms with van der Waals surface area (Å²) < 4.78 is 11.6. The van der Waals surface area contributed by atoms with Gasteiger partial charge in [-0.05, 0) is 54.1 Å². The average Bonchev–Trinajstić information content (AvgIpc) is 2.77. The highest BCUT2D eigenvalue weighted by atomic mass is 79.9. The summed E-state index contributed by atoms with van der Waals surface area (Å²) in [6, 6.07) is 21.8.